The van der Waals surface area contributed by atoms with Crippen LogP contribution in [0.4, 0.5) is 4.79 Å². The molecule has 3 N–H and O–H groups in total. The zero-order chi connectivity index (χ0) is 11.1. The smallest absolute Gasteiger partial charge is 0.285 e. The summed E-state index contributed by atoms with van der Waals surface area (Å²) >= 11 is 1.19. The average Bonchev–Trinajstić information content (AvgIpc) is 2.78. The van der Waals surface area contributed by atoms with Crippen molar-refractivity contribution in [3.63, 3.8) is 0 Å². The fraction of sp³-hybridized carbons (Fsp3) is 0.200. The molecule has 2 aliphatic rings. The molecular formula is C10H9N3O2S. The standard InChI is InChI=1S/C10H9N3O2S/c14-6-4-2-1-3-5(6)7-8-9(13-12-7)11-10(15)16-8/h1-4,7-8,12,14H,(H,11,13,15)/t7-,8-/m1/s1. The molecule has 0 bridgehead atoms. The van der Waals surface area contributed by atoms with Crippen molar-refractivity contribution in [2.75, 3.05) is 0 Å². The van der Waals surface area contributed by atoms with Crippen LogP contribution in [-0.2, 0) is 0 Å². The van der Waals surface area contributed by atoms with Crippen molar-refractivity contribution in [3.05, 3.63) is 29.8 Å². The third-order valence-corrected chi connectivity index (χ3v) is 3.70. The van der Waals surface area contributed by atoms with Crippen LogP contribution >= 0.6 is 11.8 Å². The highest BCUT2D eigenvalue weighted by Crippen LogP contribution is 2.37. The Morgan fingerprint density at radius 3 is 3.00 bits per heavy atom. The minimum atomic E-state index is -0.153. The number of para-hydroxylation sites is 1. The van der Waals surface area contributed by atoms with Crippen LogP contribution in [0.5, 0.6) is 5.75 Å². The molecule has 1 fully saturated rings. The van der Waals surface area contributed by atoms with Gasteiger partial charge in [0.25, 0.3) is 5.24 Å². The molecule has 1 aromatic carbocycles. The SMILES string of the molecule is O=C1NC2=NN[C@H](c3ccccc3O)[C@H]2S1. The summed E-state index contributed by atoms with van der Waals surface area (Å²) in [6.07, 6.45) is 0. The van der Waals surface area contributed by atoms with Gasteiger partial charge in [-0.25, -0.2) is 0 Å². The molecule has 82 valence electrons. The van der Waals surface area contributed by atoms with E-state index in [0.717, 1.165) is 5.56 Å². The van der Waals surface area contributed by atoms with E-state index in [2.05, 4.69) is 15.8 Å². The van der Waals surface area contributed by atoms with Crippen LogP contribution < -0.4 is 10.7 Å². The molecule has 5 nitrogen and oxygen atoms in total. The Morgan fingerprint density at radius 2 is 2.19 bits per heavy atom. The lowest BCUT2D eigenvalue weighted by Gasteiger charge is -2.16. The number of fused-ring (bicyclic) bond motifs is 1. The second kappa shape index (κ2) is 3.41. The summed E-state index contributed by atoms with van der Waals surface area (Å²) in [5, 5.41) is 16.3. The van der Waals surface area contributed by atoms with E-state index in [1.807, 2.05) is 12.1 Å². The average molecular weight is 235 g/mol. The summed E-state index contributed by atoms with van der Waals surface area (Å²) in [5.41, 5.74) is 3.69. The van der Waals surface area contributed by atoms with Crippen molar-refractivity contribution in [1.29, 1.82) is 0 Å². The van der Waals surface area contributed by atoms with Crippen LogP contribution in [-0.4, -0.2) is 21.4 Å². The number of hydrogen-bond acceptors (Lipinski definition) is 5. The molecule has 1 aromatic rings. The number of carbonyl (C=O) groups excluding carboxylic acids is 1. The van der Waals surface area contributed by atoms with E-state index in [1.54, 1.807) is 12.1 Å². The minimum absolute atomic E-state index is 0.0687. The summed E-state index contributed by atoms with van der Waals surface area (Å²) in [7, 11) is 0. The van der Waals surface area contributed by atoms with Crippen LogP contribution in [0.1, 0.15) is 11.6 Å². The van der Waals surface area contributed by atoms with Crippen molar-refractivity contribution in [2.24, 2.45) is 5.10 Å². The predicted molar refractivity (Wildman–Crippen MR) is 61.3 cm³/mol. The lowest BCUT2D eigenvalue weighted by atomic mass is 10.0. The third-order valence-electron chi connectivity index (χ3n) is 2.63. The van der Waals surface area contributed by atoms with E-state index in [9.17, 15) is 9.90 Å². The first kappa shape index (κ1) is 9.53. The van der Waals surface area contributed by atoms with E-state index in [4.69, 9.17) is 0 Å². The van der Waals surface area contributed by atoms with Gasteiger partial charge >= 0.3 is 0 Å². The fourth-order valence-corrected chi connectivity index (χ4v) is 2.84. The number of carbonyl (C=O) groups is 1. The quantitative estimate of drug-likeness (QED) is 0.683. The maximum Gasteiger partial charge on any atom is 0.285 e. The van der Waals surface area contributed by atoms with E-state index < -0.39 is 0 Å². The molecule has 0 aliphatic carbocycles. The second-order valence-electron chi connectivity index (χ2n) is 3.61. The summed E-state index contributed by atoms with van der Waals surface area (Å²) < 4.78 is 0. The number of amidine groups is 1. The number of nitrogens with one attached hydrogen (secondary N) is 2. The van der Waals surface area contributed by atoms with Gasteiger partial charge in [-0.3, -0.25) is 10.2 Å². The number of hydrazone groups is 1. The van der Waals surface area contributed by atoms with Crippen LogP contribution in [0.25, 0.3) is 0 Å². The highest BCUT2D eigenvalue weighted by atomic mass is 32.2. The van der Waals surface area contributed by atoms with Crippen molar-refractivity contribution in [2.45, 2.75) is 11.3 Å². The molecule has 0 unspecified atom stereocenters. The van der Waals surface area contributed by atoms with Crippen molar-refractivity contribution in [1.82, 2.24) is 10.7 Å². The van der Waals surface area contributed by atoms with Gasteiger partial charge in [0, 0.05) is 5.56 Å². The molecule has 3 rings (SSSR count). The molecule has 0 saturated carbocycles. The number of hydrogen-bond donors (Lipinski definition) is 3. The Balaban J connectivity index is 1.94. The molecule has 1 amide bonds. The second-order valence-corrected chi connectivity index (χ2v) is 4.73. The van der Waals surface area contributed by atoms with Crippen molar-refractivity contribution < 1.29 is 9.90 Å². The lowest BCUT2D eigenvalue weighted by molar-refractivity contribution is 0.265. The number of amides is 1. The van der Waals surface area contributed by atoms with Gasteiger partial charge in [0.05, 0.1) is 11.3 Å². The minimum Gasteiger partial charge on any atom is -0.508 e. The summed E-state index contributed by atoms with van der Waals surface area (Å²) in [6.45, 7) is 0. The van der Waals surface area contributed by atoms with Gasteiger partial charge in [-0.1, -0.05) is 30.0 Å². The number of phenols is 1. The lowest BCUT2D eigenvalue weighted by Crippen LogP contribution is -2.25. The van der Waals surface area contributed by atoms with Gasteiger partial charge in [-0.15, -0.1) is 0 Å². The summed E-state index contributed by atoms with van der Waals surface area (Å²) in [4.78, 5) is 11.2. The van der Waals surface area contributed by atoms with E-state index in [1.165, 1.54) is 11.8 Å². The van der Waals surface area contributed by atoms with E-state index in [-0.39, 0.29) is 22.3 Å². The van der Waals surface area contributed by atoms with Crippen LogP contribution in [0.3, 0.4) is 0 Å². The fourth-order valence-electron chi connectivity index (χ4n) is 1.88. The predicted octanol–water partition coefficient (Wildman–Crippen LogP) is 1.18. The van der Waals surface area contributed by atoms with Gasteiger partial charge in [0.15, 0.2) is 0 Å². The molecule has 6 heteroatoms. The monoisotopic (exact) mass is 235 g/mol. The van der Waals surface area contributed by atoms with Gasteiger partial charge in [-0.05, 0) is 6.07 Å². The maximum absolute atomic E-state index is 11.2. The molecule has 16 heavy (non-hydrogen) atoms. The van der Waals surface area contributed by atoms with Crippen molar-refractivity contribution in [3.8, 4) is 5.75 Å². The molecule has 2 heterocycles. The molecule has 0 aromatic heterocycles. The number of rotatable bonds is 1. The zero-order valence-corrected chi connectivity index (χ0v) is 8.99. The Labute approximate surface area is 95.9 Å². The number of thioether (sulfide) groups is 1. The highest BCUT2D eigenvalue weighted by Gasteiger charge is 2.41. The Bertz CT molecular complexity index is 489. The van der Waals surface area contributed by atoms with Gasteiger partial charge in [0.1, 0.15) is 11.6 Å². The summed E-state index contributed by atoms with van der Waals surface area (Å²) in [6, 6.07) is 6.92. The Hall–Kier alpha value is -1.69. The third kappa shape index (κ3) is 1.34. The molecular weight excluding hydrogens is 226 g/mol. The number of aromatic hydroxyl groups is 1. The first-order chi connectivity index (χ1) is 7.75. The maximum atomic E-state index is 11.2. The molecule has 0 radical (unpaired) electrons. The van der Waals surface area contributed by atoms with Crippen LogP contribution in [0.15, 0.2) is 29.4 Å². The largest absolute Gasteiger partial charge is 0.508 e. The zero-order valence-electron chi connectivity index (χ0n) is 8.18. The Kier molecular flexibility index (Phi) is 2.03. The highest BCUT2D eigenvalue weighted by molar-refractivity contribution is 8.15. The Morgan fingerprint density at radius 1 is 1.38 bits per heavy atom. The van der Waals surface area contributed by atoms with Crippen LogP contribution in [0.2, 0.25) is 0 Å². The van der Waals surface area contributed by atoms with Crippen LogP contribution in [0, 0.1) is 0 Å². The molecule has 0 spiro atoms. The number of phenolic OH excluding ortho intramolecular Hbond substituents is 1. The first-order valence-electron chi connectivity index (χ1n) is 4.84. The molecule has 2 aliphatic heterocycles. The normalized spacial score (nSPS) is 27.0. The van der Waals surface area contributed by atoms with Crippen molar-refractivity contribution >= 4 is 22.8 Å². The van der Waals surface area contributed by atoms with Gasteiger partial charge in [-0.2, -0.15) is 5.10 Å². The van der Waals surface area contributed by atoms with Gasteiger partial charge in [0.2, 0.25) is 0 Å². The molecule has 1 saturated heterocycles. The van der Waals surface area contributed by atoms with E-state index in [0.29, 0.717) is 5.84 Å². The van der Waals surface area contributed by atoms with E-state index >= 15 is 0 Å². The summed E-state index contributed by atoms with van der Waals surface area (Å²) in [5.74, 6) is 0.861. The van der Waals surface area contributed by atoms with Gasteiger partial charge < -0.3 is 10.4 Å². The number of benzene rings is 1. The first-order valence-corrected chi connectivity index (χ1v) is 5.72. The topological polar surface area (TPSA) is 73.7 Å². The number of nitrogens with zero attached hydrogens (tertiary/aromatic N) is 1. The molecule has 2 atom stereocenters.